The second-order valence-corrected chi connectivity index (χ2v) is 8.17. The smallest absolute Gasteiger partial charge is 0.309 e. The summed E-state index contributed by atoms with van der Waals surface area (Å²) in [5.74, 6) is -0.464. The summed E-state index contributed by atoms with van der Waals surface area (Å²) >= 11 is 0. The molecule has 0 aromatic carbocycles. The average Bonchev–Trinajstić information content (AvgIpc) is 2.31. The number of rotatable bonds is 6. The first kappa shape index (κ1) is 16.5. The molecule has 19 heavy (non-hydrogen) atoms. The first-order valence-corrected chi connectivity index (χ1v) is 9.18. The highest BCUT2D eigenvalue weighted by atomic mass is 32.2. The summed E-state index contributed by atoms with van der Waals surface area (Å²) in [5.41, 5.74) is -0.677. The molecule has 0 bridgehead atoms. The van der Waals surface area contributed by atoms with Crippen molar-refractivity contribution in [3.8, 4) is 0 Å². The number of hydrogen-bond donors (Lipinski definition) is 1. The van der Waals surface area contributed by atoms with Crippen LogP contribution in [0, 0.1) is 5.41 Å². The van der Waals surface area contributed by atoms with Gasteiger partial charge in [0.05, 0.1) is 11.2 Å². The number of carbonyl (C=O) groups is 1. The Bertz CT molecular complexity index is 378. The maximum atomic E-state index is 11.6. The molecule has 0 aliphatic heterocycles. The molecule has 112 valence electrons. The number of carboxylic acid groups (broad SMARTS) is 1. The van der Waals surface area contributed by atoms with Crippen molar-refractivity contribution < 1.29 is 18.3 Å². The molecule has 0 unspecified atom stereocenters. The molecule has 0 saturated heterocycles. The fourth-order valence-electron chi connectivity index (χ4n) is 2.93. The average molecular weight is 290 g/mol. The van der Waals surface area contributed by atoms with Gasteiger partial charge in [0, 0.05) is 5.75 Å². The van der Waals surface area contributed by atoms with Crippen LogP contribution in [0.3, 0.4) is 0 Å². The summed E-state index contributed by atoms with van der Waals surface area (Å²) in [5, 5.41) is 9.54. The molecule has 1 N–H and O–H groups in total. The molecule has 1 saturated carbocycles. The zero-order chi connectivity index (χ0) is 14.4. The lowest BCUT2D eigenvalue weighted by Gasteiger charge is -2.31. The summed E-state index contributed by atoms with van der Waals surface area (Å²) in [6.07, 6.45) is 7.68. The van der Waals surface area contributed by atoms with Crippen molar-refractivity contribution in [2.24, 2.45) is 5.41 Å². The molecule has 1 aliphatic carbocycles. The monoisotopic (exact) mass is 290 g/mol. The molecule has 0 aromatic rings. The van der Waals surface area contributed by atoms with Crippen molar-refractivity contribution in [1.29, 1.82) is 0 Å². The quantitative estimate of drug-likeness (QED) is 0.816. The minimum absolute atomic E-state index is 0.124. The SMILES string of the molecule is CCS(=O)(=O)CCCC1(C(=O)O)CCCCCCC1. The Morgan fingerprint density at radius 1 is 1.11 bits per heavy atom. The molecule has 0 radical (unpaired) electrons. The molecule has 0 heterocycles. The zero-order valence-corrected chi connectivity index (χ0v) is 12.7. The van der Waals surface area contributed by atoms with Gasteiger partial charge in [-0.05, 0) is 25.7 Å². The minimum Gasteiger partial charge on any atom is -0.481 e. The Labute approximate surface area is 116 Å². The van der Waals surface area contributed by atoms with Crippen LogP contribution in [0.4, 0.5) is 0 Å². The molecule has 0 atom stereocenters. The molecule has 1 fully saturated rings. The Morgan fingerprint density at radius 2 is 1.63 bits per heavy atom. The van der Waals surface area contributed by atoms with Crippen molar-refractivity contribution in [1.82, 2.24) is 0 Å². The second kappa shape index (κ2) is 7.27. The lowest BCUT2D eigenvalue weighted by molar-refractivity contribution is -0.151. The molecule has 0 amide bonds. The normalized spacial score (nSPS) is 20.5. The number of aliphatic carboxylic acids is 1. The highest BCUT2D eigenvalue weighted by Gasteiger charge is 2.37. The third-order valence-electron chi connectivity index (χ3n) is 4.31. The predicted molar refractivity (Wildman–Crippen MR) is 75.9 cm³/mol. The topological polar surface area (TPSA) is 71.4 Å². The van der Waals surface area contributed by atoms with Gasteiger partial charge in [-0.1, -0.05) is 39.0 Å². The van der Waals surface area contributed by atoms with E-state index in [0.29, 0.717) is 25.7 Å². The molecular weight excluding hydrogens is 264 g/mol. The lowest BCUT2D eigenvalue weighted by atomic mass is 9.73. The van der Waals surface area contributed by atoms with Gasteiger partial charge in [0.1, 0.15) is 9.84 Å². The van der Waals surface area contributed by atoms with Crippen LogP contribution in [0.15, 0.2) is 0 Å². The van der Waals surface area contributed by atoms with Crippen molar-refractivity contribution in [3.05, 3.63) is 0 Å². The van der Waals surface area contributed by atoms with E-state index in [4.69, 9.17) is 0 Å². The molecule has 4 nitrogen and oxygen atoms in total. The largest absolute Gasteiger partial charge is 0.481 e. The molecule has 1 aliphatic rings. The van der Waals surface area contributed by atoms with E-state index in [1.807, 2.05) is 0 Å². The predicted octanol–water partition coefficient (Wildman–Crippen LogP) is 3.02. The van der Waals surface area contributed by atoms with Crippen LogP contribution < -0.4 is 0 Å². The van der Waals surface area contributed by atoms with Crippen LogP contribution in [-0.4, -0.2) is 31.0 Å². The van der Waals surface area contributed by atoms with Gasteiger partial charge < -0.3 is 5.11 Å². The van der Waals surface area contributed by atoms with Gasteiger partial charge in [-0.25, -0.2) is 8.42 Å². The Kier molecular flexibility index (Phi) is 6.30. The first-order chi connectivity index (χ1) is 8.92. The fourth-order valence-corrected chi connectivity index (χ4v) is 3.80. The third kappa shape index (κ3) is 5.13. The van der Waals surface area contributed by atoms with Crippen molar-refractivity contribution in [3.63, 3.8) is 0 Å². The Hall–Kier alpha value is -0.580. The molecule has 5 heteroatoms. The third-order valence-corrected chi connectivity index (χ3v) is 6.11. The van der Waals surface area contributed by atoms with E-state index in [1.165, 1.54) is 6.42 Å². The van der Waals surface area contributed by atoms with E-state index < -0.39 is 21.2 Å². The van der Waals surface area contributed by atoms with E-state index in [2.05, 4.69) is 0 Å². The number of hydrogen-bond acceptors (Lipinski definition) is 3. The number of carboxylic acids is 1. The highest BCUT2D eigenvalue weighted by molar-refractivity contribution is 7.91. The van der Waals surface area contributed by atoms with Crippen LogP contribution in [0.5, 0.6) is 0 Å². The fraction of sp³-hybridized carbons (Fsp3) is 0.929. The van der Waals surface area contributed by atoms with Crippen LogP contribution in [0.2, 0.25) is 0 Å². The van der Waals surface area contributed by atoms with E-state index in [-0.39, 0.29) is 11.5 Å². The maximum absolute atomic E-state index is 11.6. The van der Waals surface area contributed by atoms with Gasteiger partial charge in [-0.15, -0.1) is 0 Å². The summed E-state index contributed by atoms with van der Waals surface area (Å²) in [6, 6.07) is 0. The van der Waals surface area contributed by atoms with Crippen LogP contribution in [0.1, 0.15) is 64.7 Å². The van der Waals surface area contributed by atoms with E-state index in [0.717, 1.165) is 25.7 Å². The summed E-state index contributed by atoms with van der Waals surface area (Å²) < 4.78 is 23.0. The van der Waals surface area contributed by atoms with E-state index >= 15 is 0 Å². The summed E-state index contributed by atoms with van der Waals surface area (Å²) in [6.45, 7) is 1.64. The highest BCUT2D eigenvalue weighted by Crippen LogP contribution is 2.38. The van der Waals surface area contributed by atoms with Crippen molar-refractivity contribution in [2.45, 2.75) is 64.7 Å². The van der Waals surface area contributed by atoms with Gasteiger partial charge in [-0.2, -0.15) is 0 Å². The van der Waals surface area contributed by atoms with Gasteiger partial charge >= 0.3 is 5.97 Å². The van der Waals surface area contributed by atoms with Crippen molar-refractivity contribution >= 4 is 15.8 Å². The standard InChI is InChI=1S/C14H26O4S/c1-2-19(17,18)12-8-11-14(13(15)16)9-6-4-3-5-7-10-14/h2-12H2,1H3,(H,15,16). The molecule has 0 spiro atoms. The van der Waals surface area contributed by atoms with Crippen molar-refractivity contribution in [2.75, 3.05) is 11.5 Å². The van der Waals surface area contributed by atoms with Gasteiger partial charge in [0.25, 0.3) is 0 Å². The van der Waals surface area contributed by atoms with E-state index in [9.17, 15) is 18.3 Å². The second-order valence-electron chi connectivity index (χ2n) is 5.69. The molecule has 0 aromatic heterocycles. The molecule has 1 rings (SSSR count). The molecular formula is C14H26O4S. The van der Waals surface area contributed by atoms with Crippen LogP contribution in [-0.2, 0) is 14.6 Å². The minimum atomic E-state index is -2.98. The zero-order valence-electron chi connectivity index (χ0n) is 11.9. The van der Waals surface area contributed by atoms with Gasteiger partial charge in [-0.3, -0.25) is 4.79 Å². The van der Waals surface area contributed by atoms with E-state index in [1.54, 1.807) is 6.92 Å². The Morgan fingerprint density at radius 3 is 2.11 bits per heavy atom. The van der Waals surface area contributed by atoms with Crippen LogP contribution in [0.25, 0.3) is 0 Å². The van der Waals surface area contributed by atoms with Crippen LogP contribution >= 0.6 is 0 Å². The number of sulfone groups is 1. The summed E-state index contributed by atoms with van der Waals surface area (Å²) in [4.78, 5) is 11.6. The lowest BCUT2D eigenvalue weighted by Crippen LogP contribution is -2.32. The summed E-state index contributed by atoms with van der Waals surface area (Å²) in [7, 11) is -2.98. The van der Waals surface area contributed by atoms with Gasteiger partial charge in [0.15, 0.2) is 0 Å². The van der Waals surface area contributed by atoms with Gasteiger partial charge in [0.2, 0.25) is 0 Å². The Balaban J connectivity index is 2.62. The first-order valence-electron chi connectivity index (χ1n) is 7.36. The maximum Gasteiger partial charge on any atom is 0.309 e.